The molecule has 0 unspecified atom stereocenters. The molecule has 0 spiro atoms. The van der Waals surface area contributed by atoms with Gasteiger partial charge in [-0.2, -0.15) is 4.52 Å². The van der Waals surface area contributed by atoms with Crippen molar-refractivity contribution in [3.05, 3.63) is 47.3 Å². The highest BCUT2D eigenvalue weighted by molar-refractivity contribution is 5.50. The predicted octanol–water partition coefficient (Wildman–Crippen LogP) is 3.67. The van der Waals surface area contributed by atoms with Gasteiger partial charge in [0.2, 0.25) is 0 Å². The number of nitrogens with one attached hydrogen (secondary N) is 1. The first-order valence-corrected chi connectivity index (χ1v) is 8.65. The lowest BCUT2D eigenvalue weighted by Gasteiger charge is -2.28. The van der Waals surface area contributed by atoms with E-state index in [9.17, 15) is 0 Å². The van der Waals surface area contributed by atoms with Crippen molar-refractivity contribution in [3.63, 3.8) is 0 Å². The molecule has 0 amide bonds. The van der Waals surface area contributed by atoms with E-state index in [0.29, 0.717) is 6.61 Å². The van der Waals surface area contributed by atoms with Crippen molar-refractivity contribution in [2.75, 3.05) is 11.9 Å². The second-order valence-electron chi connectivity index (χ2n) is 7.59. The number of nitrogens with zero attached hydrogens (tertiary/aromatic N) is 4. The van der Waals surface area contributed by atoms with E-state index in [4.69, 9.17) is 9.84 Å². The number of rotatable bonds is 2. The minimum absolute atomic E-state index is 0.118. The number of aryl methyl sites for hydroxylation is 1. The third-order valence-corrected chi connectivity index (χ3v) is 4.53. The second-order valence-corrected chi connectivity index (χ2v) is 7.59. The average Bonchev–Trinajstić information content (AvgIpc) is 2.99. The van der Waals surface area contributed by atoms with Crippen LogP contribution in [0.15, 0.2) is 30.3 Å². The van der Waals surface area contributed by atoms with E-state index in [-0.39, 0.29) is 11.5 Å². The Morgan fingerprint density at radius 1 is 1.16 bits per heavy atom. The molecule has 0 radical (unpaired) electrons. The van der Waals surface area contributed by atoms with Crippen molar-refractivity contribution in [2.45, 2.75) is 45.6 Å². The summed E-state index contributed by atoms with van der Waals surface area (Å²) in [4.78, 5) is 0. The first kappa shape index (κ1) is 15.9. The lowest BCUT2D eigenvalue weighted by atomic mass is 9.96. The van der Waals surface area contributed by atoms with Gasteiger partial charge in [-0.25, -0.2) is 0 Å². The van der Waals surface area contributed by atoms with Crippen LogP contribution in [0.25, 0.3) is 5.65 Å². The van der Waals surface area contributed by atoms with Crippen LogP contribution in [0.4, 0.5) is 5.82 Å². The van der Waals surface area contributed by atoms with E-state index < -0.39 is 0 Å². The average molecular weight is 337 g/mol. The summed E-state index contributed by atoms with van der Waals surface area (Å²) in [6.45, 7) is 9.13. The summed E-state index contributed by atoms with van der Waals surface area (Å²) >= 11 is 0. The fourth-order valence-corrected chi connectivity index (χ4v) is 3.24. The Morgan fingerprint density at radius 2 is 2.00 bits per heavy atom. The van der Waals surface area contributed by atoms with Crippen molar-refractivity contribution in [1.29, 1.82) is 0 Å². The van der Waals surface area contributed by atoms with Gasteiger partial charge in [0, 0.05) is 17.4 Å². The van der Waals surface area contributed by atoms with Crippen LogP contribution in [0.3, 0.4) is 0 Å². The molecule has 1 aromatic carbocycles. The SMILES string of the molecule is Cc1cccc2c1OCC[C@@H]2Nc1ccc2nnc(C(C)(C)C)n2n1. The Labute approximate surface area is 147 Å². The standard InChI is InChI=1S/C19H23N5O/c1-12-6-5-7-13-14(10-11-25-17(12)13)20-15-8-9-16-21-22-18(19(2,3)4)24(16)23-15/h5-9,14H,10-11H2,1-4H3,(H,20,23)/t14-/m0/s1. The highest BCUT2D eigenvalue weighted by Crippen LogP contribution is 2.36. The highest BCUT2D eigenvalue weighted by Gasteiger charge is 2.24. The van der Waals surface area contributed by atoms with Crippen molar-refractivity contribution >= 4 is 11.5 Å². The van der Waals surface area contributed by atoms with Gasteiger partial charge in [-0.3, -0.25) is 0 Å². The first-order valence-electron chi connectivity index (χ1n) is 8.65. The van der Waals surface area contributed by atoms with Crippen LogP contribution in [-0.4, -0.2) is 26.4 Å². The van der Waals surface area contributed by atoms with Crippen molar-refractivity contribution in [3.8, 4) is 5.75 Å². The molecule has 0 saturated carbocycles. The van der Waals surface area contributed by atoms with E-state index >= 15 is 0 Å². The zero-order valence-corrected chi connectivity index (χ0v) is 15.1. The Morgan fingerprint density at radius 3 is 2.80 bits per heavy atom. The van der Waals surface area contributed by atoms with Gasteiger partial charge in [-0.05, 0) is 24.6 Å². The fraction of sp³-hybridized carbons (Fsp3) is 0.421. The van der Waals surface area contributed by atoms with Gasteiger partial charge in [0.15, 0.2) is 11.5 Å². The Balaban J connectivity index is 1.69. The molecule has 1 atom stereocenters. The Hall–Kier alpha value is -2.63. The maximum absolute atomic E-state index is 5.86. The first-order chi connectivity index (χ1) is 11.9. The van der Waals surface area contributed by atoms with Gasteiger partial charge in [0.25, 0.3) is 0 Å². The lowest BCUT2D eigenvalue weighted by Crippen LogP contribution is -2.22. The van der Waals surface area contributed by atoms with Crippen LogP contribution in [0.1, 0.15) is 50.2 Å². The van der Waals surface area contributed by atoms with Gasteiger partial charge in [-0.1, -0.05) is 39.0 Å². The normalized spacial score (nSPS) is 17.2. The number of fused-ring (bicyclic) bond motifs is 2. The number of ether oxygens (including phenoxy) is 1. The molecule has 0 bridgehead atoms. The third kappa shape index (κ3) is 2.81. The smallest absolute Gasteiger partial charge is 0.178 e. The number of para-hydroxylation sites is 1. The summed E-state index contributed by atoms with van der Waals surface area (Å²) in [5.74, 6) is 2.67. The van der Waals surface area contributed by atoms with Crippen molar-refractivity contribution in [1.82, 2.24) is 19.8 Å². The molecular weight excluding hydrogens is 314 g/mol. The van der Waals surface area contributed by atoms with Gasteiger partial charge in [0.1, 0.15) is 11.6 Å². The third-order valence-electron chi connectivity index (χ3n) is 4.53. The molecular formula is C19H23N5O. The van der Waals surface area contributed by atoms with Crippen molar-refractivity contribution < 1.29 is 4.74 Å². The van der Waals surface area contributed by atoms with E-state index in [2.05, 4.69) is 61.4 Å². The molecule has 0 saturated heterocycles. The minimum atomic E-state index is -0.118. The summed E-state index contributed by atoms with van der Waals surface area (Å²) in [5.41, 5.74) is 3.00. The fourth-order valence-electron chi connectivity index (χ4n) is 3.24. The van der Waals surface area contributed by atoms with E-state index in [1.807, 2.05) is 16.6 Å². The molecule has 25 heavy (non-hydrogen) atoms. The molecule has 2 aromatic heterocycles. The van der Waals surface area contributed by atoms with Crippen molar-refractivity contribution in [2.24, 2.45) is 0 Å². The summed E-state index contributed by atoms with van der Waals surface area (Å²) in [6, 6.07) is 10.4. The highest BCUT2D eigenvalue weighted by atomic mass is 16.5. The predicted molar refractivity (Wildman–Crippen MR) is 97.1 cm³/mol. The molecule has 4 rings (SSSR count). The van der Waals surface area contributed by atoms with Crippen LogP contribution < -0.4 is 10.1 Å². The number of hydrogen-bond donors (Lipinski definition) is 1. The Bertz CT molecular complexity index is 925. The quantitative estimate of drug-likeness (QED) is 0.773. The minimum Gasteiger partial charge on any atom is -0.493 e. The van der Waals surface area contributed by atoms with Crippen LogP contribution in [0.5, 0.6) is 5.75 Å². The number of aromatic nitrogens is 4. The molecule has 3 aromatic rings. The topological polar surface area (TPSA) is 64.3 Å². The summed E-state index contributed by atoms with van der Waals surface area (Å²) in [7, 11) is 0. The monoisotopic (exact) mass is 337 g/mol. The van der Waals surface area contributed by atoms with Gasteiger partial charge in [0.05, 0.1) is 12.6 Å². The zero-order valence-electron chi connectivity index (χ0n) is 15.1. The largest absolute Gasteiger partial charge is 0.493 e. The van der Waals surface area contributed by atoms with E-state index in [0.717, 1.165) is 29.5 Å². The molecule has 6 heteroatoms. The van der Waals surface area contributed by atoms with Crippen LogP contribution >= 0.6 is 0 Å². The number of hydrogen-bond acceptors (Lipinski definition) is 5. The number of benzene rings is 1. The van der Waals surface area contributed by atoms with Crippen LogP contribution in [0.2, 0.25) is 0 Å². The van der Waals surface area contributed by atoms with Crippen LogP contribution in [0, 0.1) is 6.92 Å². The number of anilines is 1. The molecule has 0 fully saturated rings. The molecule has 6 nitrogen and oxygen atoms in total. The van der Waals surface area contributed by atoms with Crippen LogP contribution in [-0.2, 0) is 5.41 Å². The summed E-state index contributed by atoms with van der Waals surface area (Å²) in [6.07, 6.45) is 0.907. The Kier molecular flexibility index (Phi) is 3.63. The molecule has 1 aliphatic rings. The summed E-state index contributed by atoms with van der Waals surface area (Å²) < 4.78 is 7.69. The molecule has 130 valence electrons. The lowest BCUT2D eigenvalue weighted by molar-refractivity contribution is 0.272. The van der Waals surface area contributed by atoms with E-state index in [1.165, 1.54) is 11.1 Å². The maximum Gasteiger partial charge on any atom is 0.178 e. The van der Waals surface area contributed by atoms with Gasteiger partial charge >= 0.3 is 0 Å². The molecule has 0 aliphatic carbocycles. The maximum atomic E-state index is 5.86. The molecule has 3 heterocycles. The second kappa shape index (κ2) is 5.72. The van der Waals surface area contributed by atoms with E-state index in [1.54, 1.807) is 0 Å². The molecule has 1 aliphatic heterocycles. The van der Waals surface area contributed by atoms with Gasteiger partial charge < -0.3 is 10.1 Å². The van der Waals surface area contributed by atoms with Gasteiger partial charge in [-0.15, -0.1) is 15.3 Å². The molecule has 1 N–H and O–H groups in total. The zero-order chi connectivity index (χ0) is 17.6. The summed E-state index contributed by atoms with van der Waals surface area (Å²) in [5, 5.41) is 16.8.